The number of amides is 1. The maximum atomic E-state index is 11.8. The molecule has 0 bridgehead atoms. The van der Waals surface area contributed by atoms with E-state index in [9.17, 15) is 9.90 Å². The van der Waals surface area contributed by atoms with Crippen molar-refractivity contribution in [1.82, 2.24) is 0 Å². The number of nitrogens with zero attached hydrogens (tertiary/aromatic N) is 1. The van der Waals surface area contributed by atoms with E-state index in [0.717, 1.165) is 0 Å². The van der Waals surface area contributed by atoms with E-state index in [-0.39, 0.29) is 17.8 Å². The number of hydrogen-bond acceptors (Lipinski definition) is 5. The summed E-state index contributed by atoms with van der Waals surface area (Å²) in [6, 6.07) is 8.58. The number of aliphatic hydroxyl groups excluding tert-OH is 2. The quantitative estimate of drug-likeness (QED) is 0.722. The van der Waals surface area contributed by atoms with Crippen molar-refractivity contribution in [2.75, 3.05) is 17.7 Å². The summed E-state index contributed by atoms with van der Waals surface area (Å²) in [7, 11) is 0. The van der Waals surface area contributed by atoms with E-state index in [4.69, 9.17) is 10.4 Å². The van der Waals surface area contributed by atoms with Gasteiger partial charge in [0.25, 0.3) is 0 Å². The maximum absolute atomic E-state index is 11.8. The standard InChI is InChI=1S/C13H16N2O3S/c1-9(19-8-12(17)7-16)13(18)15-11-4-2-10(6-14)3-5-11/h2-5,9,12,16-17H,7-8H2,1H3,(H,15,18). The Hall–Kier alpha value is -1.55. The molecule has 2 atom stereocenters. The third-order valence-electron chi connectivity index (χ3n) is 2.40. The van der Waals surface area contributed by atoms with Gasteiger partial charge in [0.15, 0.2) is 0 Å². The minimum Gasteiger partial charge on any atom is -0.394 e. The summed E-state index contributed by atoms with van der Waals surface area (Å²) in [6.45, 7) is 1.42. The second-order valence-corrected chi connectivity index (χ2v) is 5.36. The Morgan fingerprint density at radius 3 is 2.63 bits per heavy atom. The number of thioether (sulfide) groups is 1. The van der Waals surface area contributed by atoms with Gasteiger partial charge in [-0.2, -0.15) is 5.26 Å². The molecule has 1 aromatic carbocycles. The van der Waals surface area contributed by atoms with Gasteiger partial charge in [-0.3, -0.25) is 4.79 Å². The van der Waals surface area contributed by atoms with Crippen LogP contribution in [0, 0.1) is 11.3 Å². The van der Waals surface area contributed by atoms with Crippen LogP contribution in [0.1, 0.15) is 12.5 Å². The van der Waals surface area contributed by atoms with Gasteiger partial charge >= 0.3 is 0 Å². The van der Waals surface area contributed by atoms with Gasteiger partial charge in [-0.05, 0) is 31.2 Å². The van der Waals surface area contributed by atoms with E-state index < -0.39 is 6.10 Å². The SMILES string of the molecule is CC(SCC(O)CO)C(=O)Nc1ccc(C#N)cc1. The first-order valence-corrected chi connectivity index (χ1v) is 6.83. The van der Waals surface area contributed by atoms with Gasteiger partial charge in [0, 0.05) is 11.4 Å². The van der Waals surface area contributed by atoms with Crippen molar-refractivity contribution in [1.29, 1.82) is 5.26 Å². The highest BCUT2D eigenvalue weighted by Crippen LogP contribution is 2.15. The Labute approximate surface area is 116 Å². The molecule has 3 N–H and O–H groups in total. The molecule has 1 amide bonds. The summed E-state index contributed by atoms with van der Waals surface area (Å²) >= 11 is 1.27. The van der Waals surface area contributed by atoms with Crippen LogP contribution in [-0.2, 0) is 4.79 Å². The van der Waals surface area contributed by atoms with Crippen LogP contribution in [-0.4, -0.2) is 39.8 Å². The number of anilines is 1. The predicted molar refractivity (Wildman–Crippen MR) is 74.8 cm³/mol. The summed E-state index contributed by atoms with van der Waals surface area (Å²) in [6.07, 6.45) is -0.810. The predicted octanol–water partition coefficient (Wildman–Crippen LogP) is 0.972. The molecule has 2 unspecified atom stereocenters. The molecule has 5 nitrogen and oxygen atoms in total. The van der Waals surface area contributed by atoms with Crippen LogP contribution in [0.25, 0.3) is 0 Å². The third kappa shape index (κ3) is 5.30. The van der Waals surface area contributed by atoms with Gasteiger partial charge in [0.2, 0.25) is 5.91 Å². The Bertz CT molecular complexity index is 456. The molecule has 0 aromatic heterocycles. The topological polar surface area (TPSA) is 93.3 Å². The van der Waals surface area contributed by atoms with E-state index in [1.165, 1.54) is 11.8 Å². The Balaban J connectivity index is 2.47. The van der Waals surface area contributed by atoms with Gasteiger partial charge < -0.3 is 15.5 Å². The van der Waals surface area contributed by atoms with Crippen LogP contribution in [0.3, 0.4) is 0 Å². The van der Waals surface area contributed by atoms with Crippen LogP contribution in [0.2, 0.25) is 0 Å². The monoisotopic (exact) mass is 280 g/mol. The van der Waals surface area contributed by atoms with E-state index in [0.29, 0.717) is 17.0 Å². The molecule has 0 spiro atoms. The fraction of sp³-hybridized carbons (Fsp3) is 0.385. The van der Waals surface area contributed by atoms with Crippen molar-refractivity contribution in [3.63, 3.8) is 0 Å². The molecule has 1 aromatic rings. The normalized spacial score (nSPS) is 13.4. The van der Waals surface area contributed by atoms with E-state index in [2.05, 4.69) is 5.32 Å². The fourth-order valence-electron chi connectivity index (χ4n) is 1.26. The van der Waals surface area contributed by atoms with Crippen LogP contribution in [0.15, 0.2) is 24.3 Å². The number of hydrogen-bond donors (Lipinski definition) is 3. The molecule has 6 heteroatoms. The second kappa shape index (κ2) is 7.79. The van der Waals surface area contributed by atoms with E-state index in [1.54, 1.807) is 31.2 Å². The summed E-state index contributed by atoms with van der Waals surface area (Å²) in [4.78, 5) is 11.8. The number of nitriles is 1. The smallest absolute Gasteiger partial charge is 0.237 e. The first-order valence-electron chi connectivity index (χ1n) is 5.78. The van der Waals surface area contributed by atoms with Crippen LogP contribution in [0.4, 0.5) is 5.69 Å². The van der Waals surface area contributed by atoms with Gasteiger partial charge in [0.1, 0.15) is 0 Å². The molecule has 0 saturated carbocycles. The Morgan fingerprint density at radius 2 is 2.11 bits per heavy atom. The summed E-state index contributed by atoms with van der Waals surface area (Å²) < 4.78 is 0. The molecule has 0 aliphatic rings. The summed E-state index contributed by atoms with van der Waals surface area (Å²) in [5.74, 6) is 0.123. The lowest BCUT2D eigenvalue weighted by Crippen LogP contribution is -2.25. The molecular formula is C13H16N2O3S. The molecule has 0 radical (unpaired) electrons. The van der Waals surface area contributed by atoms with Crippen LogP contribution < -0.4 is 5.32 Å². The number of rotatable bonds is 6. The number of nitrogens with one attached hydrogen (secondary N) is 1. The van der Waals surface area contributed by atoms with Crippen LogP contribution in [0.5, 0.6) is 0 Å². The van der Waals surface area contributed by atoms with Crippen molar-refractivity contribution in [2.24, 2.45) is 0 Å². The first-order chi connectivity index (χ1) is 9.06. The Kier molecular flexibility index (Phi) is 6.36. The molecule has 102 valence electrons. The highest BCUT2D eigenvalue weighted by atomic mass is 32.2. The molecule has 1 rings (SSSR count). The van der Waals surface area contributed by atoms with Gasteiger partial charge in [-0.1, -0.05) is 0 Å². The third-order valence-corrected chi connectivity index (χ3v) is 3.69. The number of benzene rings is 1. The average Bonchev–Trinajstić information content (AvgIpc) is 2.44. The van der Waals surface area contributed by atoms with Crippen molar-refractivity contribution >= 4 is 23.4 Å². The molecule has 0 aliphatic heterocycles. The Morgan fingerprint density at radius 1 is 1.47 bits per heavy atom. The van der Waals surface area contributed by atoms with Crippen LogP contribution >= 0.6 is 11.8 Å². The molecule has 0 aliphatic carbocycles. The number of aliphatic hydroxyl groups is 2. The first kappa shape index (κ1) is 15.5. The second-order valence-electron chi connectivity index (χ2n) is 3.99. The molecule has 0 saturated heterocycles. The zero-order valence-electron chi connectivity index (χ0n) is 10.5. The minimum atomic E-state index is -0.810. The summed E-state index contributed by atoms with van der Waals surface area (Å²) in [5.41, 5.74) is 1.16. The number of carbonyl (C=O) groups excluding carboxylic acids is 1. The zero-order chi connectivity index (χ0) is 14.3. The highest BCUT2D eigenvalue weighted by Gasteiger charge is 2.15. The lowest BCUT2D eigenvalue weighted by Gasteiger charge is -2.13. The number of carbonyl (C=O) groups is 1. The maximum Gasteiger partial charge on any atom is 0.237 e. The lowest BCUT2D eigenvalue weighted by atomic mass is 10.2. The molecule has 0 heterocycles. The molecule has 0 fully saturated rings. The largest absolute Gasteiger partial charge is 0.394 e. The summed E-state index contributed by atoms with van der Waals surface area (Å²) in [5, 5.41) is 28.9. The molecule has 19 heavy (non-hydrogen) atoms. The van der Waals surface area contributed by atoms with Crippen molar-refractivity contribution in [3.05, 3.63) is 29.8 Å². The minimum absolute atomic E-state index is 0.181. The van der Waals surface area contributed by atoms with E-state index >= 15 is 0 Å². The van der Waals surface area contributed by atoms with Crippen molar-refractivity contribution in [3.8, 4) is 6.07 Å². The fourth-order valence-corrected chi connectivity index (χ4v) is 2.08. The van der Waals surface area contributed by atoms with Gasteiger partial charge in [-0.25, -0.2) is 0 Å². The average molecular weight is 280 g/mol. The molecular weight excluding hydrogens is 264 g/mol. The van der Waals surface area contributed by atoms with E-state index in [1.807, 2.05) is 6.07 Å². The van der Waals surface area contributed by atoms with Crippen molar-refractivity contribution in [2.45, 2.75) is 18.3 Å². The van der Waals surface area contributed by atoms with Gasteiger partial charge in [-0.15, -0.1) is 11.8 Å². The lowest BCUT2D eigenvalue weighted by molar-refractivity contribution is -0.115. The highest BCUT2D eigenvalue weighted by molar-refractivity contribution is 8.00. The van der Waals surface area contributed by atoms with Crippen molar-refractivity contribution < 1.29 is 15.0 Å². The zero-order valence-corrected chi connectivity index (χ0v) is 11.4. The van der Waals surface area contributed by atoms with Gasteiger partial charge in [0.05, 0.1) is 29.6 Å².